The molecule has 24 heavy (non-hydrogen) atoms. The summed E-state index contributed by atoms with van der Waals surface area (Å²) in [6.45, 7) is 6.67. The zero-order valence-electron chi connectivity index (χ0n) is 14.5. The van der Waals surface area contributed by atoms with Gasteiger partial charge in [-0.1, -0.05) is 44.2 Å². The number of amides is 3. The van der Waals surface area contributed by atoms with Crippen molar-refractivity contribution >= 4 is 17.9 Å². The number of hydrogen-bond acceptors (Lipinski definition) is 4. The van der Waals surface area contributed by atoms with E-state index in [2.05, 4.69) is 10.6 Å². The van der Waals surface area contributed by atoms with Crippen LogP contribution in [0.4, 0.5) is 4.79 Å². The molecule has 0 saturated carbocycles. The number of hydrogen-bond donors (Lipinski definition) is 3. The van der Waals surface area contributed by atoms with Crippen LogP contribution in [0.15, 0.2) is 30.3 Å². The minimum absolute atomic E-state index is 0.0975. The van der Waals surface area contributed by atoms with Gasteiger partial charge in [-0.15, -0.1) is 0 Å². The molecule has 0 saturated heterocycles. The van der Waals surface area contributed by atoms with Crippen LogP contribution in [0.5, 0.6) is 0 Å². The van der Waals surface area contributed by atoms with Gasteiger partial charge in [-0.2, -0.15) is 0 Å². The van der Waals surface area contributed by atoms with Crippen LogP contribution in [-0.2, 0) is 20.9 Å². The lowest BCUT2D eigenvalue weighted by atomic mass is 10.00. The average molecular weight is 335 g/mol. The summed E-state index contributed by atoms with van der Waals surface area (Å²) in [7, 11) is 0. The van der Waals surface area contributed by atoms with Crippen molar-refractivity contribution in [3.8, 4) is 0 Å². The van der Waals surface area contributed by atoms with E-state index in [1.165, 1.54) is 13.8 Å². The summed E-state index contributed by atoms with van der Waals surface area (Å²) >= 11 is 0. The highest BCUT2D eigenvalue weighted by molar-refractivity contribution is 5.93. The van der Waals surface area contributed by atoms with Crippen molar-refractivity contribution in [2.45, 2.75) is 45.9 Å². The van der Waals surface area contributed by atoms with Crippen LogP contribution in [0.1, 0.15) is 33.3 Å². The Balaban J connectivity index is 2.58. The molecule has 7 heteroatoms. The topological polar surface area (TPSA) is 111 Å². The predicted molar refractivity (Wildman–Crippen MR) is 89.8 cm³/mol. The first-order valence-electron chi connectivity index (χ1n) is 7.72. The third-order valence-electron chi connectivity index (χ3n) is 3.45. The van der Waals surface area contributed by atoms with Gasteiger partial charge in [-0.05, 0) is 25.3 Å². The van der Waals surface area contributed by atoms with Crippen LogP contribution in [0, 0.1) is 5.92 Å². The van der Waals surface area contributed by atoms with Gasteiger partial charge in [0, 0.05) is 0 Å². The van der Waals surface area contributed by atoms with Crippen LogP contribution >= 0.6 is 0 Å². The lowest BCUT2D eigenvalue weighted by molar-refractivity contribution is -0.131. The van der Waals surface area contributed by atoms with Gasteiger partial charge in [0.25, 0.3) is 0 Å². The van der Waals surface area contributed by atoms with Gasteiger partial charge in [0.15, 0.2) is 0 Å². The van der Waals surface area contributed by atoms with E-state index in [9.17, 15) is 14.4 Å². The van der Waals surface area contributed by atoms with Crippen molar-refractivity contribution in [1.82, 2.24) is 10.6 Å². The van der Waals surface area contributed by atoms with Crippen LogP contribution in [0.25, 0.3) is 0 Å². The highest BCUT2D eigenvalue weighted by Crippen LogP contribution is 2.08. The molecule has 1 aromatic carbocycles. The zero-order chi connectivity index (χ0) is 18.3. The number of ether oxygens (including phenoxy) is 1. The number of nitrogens with two attached hydrogens (primary N) is 1. The molecule has 0 radical (unpaired) electrons. The maximum absolute atomic E-state index is 12.3. The first-order chi connectivity index (χ1) is 11.1. The predicted octanol–water partition coefficient (Wildman–Crippen LogP) is 1.32. The molecule has 0 bridgehead atoms. The van der Waals surface area contributed by atoms with Crippen molar-refractivity contribution in [2.75, 3.05) is 0 Å². The van der Waals surface area contributed by atoms with Gasteiger partial charge < -0.3 is 21.1 Å². The Kier molecular flexibility index (Phi) is 6.76. The summed E-state index contributed by atoms with van der Waals surface area (Å²) in [6.07, 6.45) is -0.723. The highest BCUT2D eigenvalue weighted by Gasteiger charge is 2.33. The average Bonchev–Trinajstić information content (AvgIpc) is 2.50. The van der Waals surface area contributed by atoms with Crippen molar-refractivity contribution in [1.29, 1.82) is 0 Å². The molecule has 0 aliphatic rings. The van der Waals surface area contributed by atoms with E-state index in [0.717, 1.165) is 5.56 Å². The second-order valence-electron chi connectivity index (χ2n) is 6.41. The number of nitrogens with one attached hydrogen (secondary N) is 2. The highest BCUT2D eigenvalue weighted by atomic mass is 16.5. The molecule has 3 amide bonds. The monoisotopic (exact) mass is 335 g/mol. The van der Waals surface area contributed by atoms with Crippen LogP contribution in [0.3, 0.4) is 0 Å². The quantitative estimate of drug-likeness (QED) is 0.698. The molecule has 0 aliphatic heterocycles. The van der Waals surface area contributed by atoms with Crippen LogP contribution < -0.4 is 16.4 Å². The van der Waals surface area contributed by atoms with E-state index in [1.807, 2.05) is 30.3 Å². The molecule has 4 N–H and O–H groups in total. The molecule has 0 spiro atoms. The summed E-state index contributed by atoms with van der Waals surface area (Å²) in [5.74, 6) is -1.30. The molecule has 0 aromatic heterocycles. The van der Waals surface area contributed by atoms with Gasteiger partial charge in [0.2, 0.25) is 11.8 Å². The smallest absolute Gasteiger partial charge is 0.408 e. The van der Waals surface area contributed by atoms with E-state index in [-0.39, 0.29) is 12.5 Å². The number of alkyl carbamates (subject to hydrolysis) is 1. The molecular weight excluding hydrogens is 310 g/mol. The Morgan fingerprint density at radius 1 is 1.17 bits per heavy atom. The third-order valence-corrected chi connectivity index (χ3v) is 3.45. The Bertz CT molecular complexity index is 585. The molecule has 0 unspecified atom stereocenters. The number of benzene rings is 1. The molecule has 1 aromatic rings. The Morgan fingerprint density at radius 3 is 2.25 bits per heavy atom. The minimum Gasteiger partial charge on any atom is -0.445 e. The number of carbonyl (C=O) groups excluding carboxylic acids is 3. The summed E-state index contributed by atoms with van der Waals surface area (Å²) in [4.78, 5) is 35.6. The molecule has 7 nitrogen and oxygen atoms in total. The summed E-state index contributed by atoms with van der Waals surface area (Å²) in [5.41, 5.74) is 4.86. The minimum atomic E-state index is -1.25. The SMILES string of the molecule is CC(C)[C@H](NC(=O)C(C)(C)NC(=O)OCc1ccccc1)C(N)=O. The summed E-state index contributed by atoms with van der Waals surface area (Å²) < 4.78 is 5.09. The first-order valence-corrected chi connectivity index (χ1v) is 7.72. The number of carbonyl (C=O) groups is 3. The number of primary amides is 1. The van der Waals surface area contributed by atoms with Crippen LogP contribution in [-0.4, -0.2) is 29.5 Å². The van der Waals surface area contributed by atoms with E-state index in [1.54, 1.807) is 13.8 Å². The fourth-order valence-electron chi connectivity index (χ4n) is 1.96. The van der Waals surface area contributed by atoms with Crippen molar-refractivity contribution in [3.63, 3.8) is 0 Å². The van der Waals surface area contributed by atoms with E-state index in [4.69, 9.17) is 10.5 Å². The zero-order valence-corrected chi connectivity index (χ0v) is 14.5. The Labute approximate surface area is 141 Å². The molecule has 132 valence electrons. The Morgan fingerprint density at radius 2 is 1.75 bits per heavy atom. The maximum atomic E-state index is 12.3. The second kappa shape index (κ2) is 8.33. The lowest BCUT2D eigenvalue weighted by Gasteiger charge is -2.28. The first kappa shape index (κ1) is 19.5. The molecule has 1 rings (SSSR count). The fraction of sp³-hybridized carbons (Fsp3) is 0.471. The normalized spacial score (nSPS) is 12.4. The standard InChI is InChI=1S/C17H25N3O4/c1-11(2)13(14(18)21)19-15(22)17(3,4)20-16(23)24-10-12-8-6-5-7-9-12/h5-9,11,13H,10H2,1-4H3,(H2,18,21)(H,19,22)(H,20,23)/t13-/m0/s1. The molecule has 0 heterocycles. The third kappa shape index (κ3) is 5.91. The van der Waals surface area contributed by atoms with Crippen molar-refractivity contribution in [2.24, 2.45) is 11.7 Å². The maximum Gasteiger partial charge on any atom is 0.408 e. The summed E-state index contributed by atoms with van der Waals surface area (Å²) in [6, 6.07) is 8.38. The van der Waals surface area contributed by atoms with Gasteiger partial charge in [-0.3, -0.25) is 9.59 Å². The van der Waals surface area contributed by atoms with Gasteiger partial charge in [0.1, 0.15) is 18.2 Å². The largest absolute Gasteiger partial charge is 0.445 e. The summed E-state index contributed by atoms with van der Waals surface area (Å²) in [5, 5.41) is 5.04. The van der Waals surface area contributed by atoms with Gasteiger partial charge in [-0.25, -0.2) is 4.79 Å². The van der Waals surface area contributed by atoms with Crippen LogP contribution in [0.2, 0.25) is 0 Å². The molecular formula is C17H25N3O4. The van der Waals surface area contributed by atoms with E-state index >= 15 is 0 Å². The molecule has 1 atom stereocenters. The number of rotatable bonds is 7. The molecule has 0 aliphatic carbocycles. The van der Waals surface area contributed by atoms with E-state index in [0.29, 0.717) is 0 Å². The van der Waals surface area contributed by atoms with Gasteiger partial charge >= 0.3 is 6.09 Å². The Hall–Kier alpha value is -2.57. The van der Waals surface area contributed by atoms with Crippen molar-refractivity contribution < 1.29 is 19.1 Å². The lowest BCUT2D eigenvalue weighted by Crippen LogP contribution is -2.59. The van der Waals surface area contributed by atoms with Crippen molar-refractivity contribution in [3.05, 3.63) is 35.9 Å². The van der Waals surface area contributed by atoms with E-state index < -0.39 is 29.5 Å². The van der Waals surface area contributed by atoms with Gasteiger partial charge in [0.05, 0.1) is 0 Å². The molecule has 0 fully saturated rings. The fourth-order valence-corrected chi connectivity index (χ4v) is 1.96. The second-order valence-corrected chi connectivity index (χ2v) is 6.41.